The number of anilines is 1. The van der Waals surface area contributed by atoms with E-state index in [0.717, 1.165) is 30.7 Å². The van der Waals surface area contributed by atoms with Crippen molar-refractivity contribution in [2.24, 2.45) is 0 Å². The minimum atomic E-state index is -4.59. The molecule has 4 aromatic heterocycles. The Bertz CT molecular complexity index is 1480. The van der Waals surface area contributed by atoms with Gasteiger partial charge in [0, 0.05) is 30.1 Å². The van der Waals surface area contributed by atoms with E-state index in [4.69, 9.17) is 14.7 Å². The van der Waals surface area contributed by atoms with Gasteiger partial charge in [-0.25, -0.2) is 15.0 Å². The fourth-order valence-corrected chi connectivity index (χ4v) is 4.53. The van der Waals surface area contributed by atoms with Gasteiger partial charge in [-0.3, -0.25) is 9.67 Å². The zero-order valence-corrected chi connectivity index (χ0v) is 20.6. The topological polar surface area (TPSA) is 94.7 Å². The second-order valence-electron chi connectivity index (χ2n) is 9.69. The van der Waals surface area contributed by atoms with Gasteiger partial charge in [0.2, 0.25) is 5.95 Å². The molecule has 2 unspecified atom stereocenters. The van der Waals surface area contributed by atoms with E-state index in [1.807, 2.05) is 35.8 Å². The molecule has 4 aromatic rings. The summed E-state index contributed by atoms with van der Waals surface area (Å²) in [5.41, 5.74) is 2.51. The molecule has 0 amide bonds. The van der Waals surface area contributed by atoms with Crippen LogP contribution in [-0.2, 0) is 10.9 Å². The van der Waals surface area contributed by atoms with Gasteiger partial charge >= 0.3 is 6.18 Å². The Kier molecular flexibility index (Phi) is 5.59. The van der Waals surface area contributed by atoms with Crippen molar-refractivity contribution in [1.82, 2.24) is 34.7 Å². The van der Waals surface area contributed by atoms with E-state index < -0.39 is 11.9 Å². The lowest BCUT2D eigenvalue weighted by Gasteiger charge is -2.36. The molecular formula is C25H25F3N8O. The second kappa shape index (κ2) is 8.72. The highest BCUT2D eigenvalue weighted by molar-refractivity contribution is 5.88. The van der Waals surface area contributed by atoms with Gasteiger partial charge in [-0.05, 0) is 45.7 Å². The second-order valence-corrected chi connectivity index (χ2v) is 9.69. The molecule has 1 saturated carbocycles. The molecule has 1 aliphatic carbocycles. The van der Waals surface area contributed by atoms with Crippen molar-refractivity contribution in [3.8, 4) is 11.3 Å². The van der Waals surface area contributed by atoms with E-state index in [2.05, 4.69) is 20.1 Å². The van der Waals surface area contributed by atoms with Gasteiger partial charge in [0.15, 0.2) is 5.65 Å². The molecule has 1 aliphatic heterocycles. The number of alkyl halides is 3. The van der Waals surface area contributed by atoms with Gasteiger partial charge in [0.05, 0.1) is 36.3 Å². The Balaban J connectivity index is 1.43. The molecule has 0 aromatic carbocycles. The summed E-state index contributed by atoms with van der Waals surface area (Å²) >= 11 is 0. The quantitative estimate of drug-likeness (QED) is 0.393. The predicted molar refractivity (Wildman–Crippen MR) is 129 cm³/mol. The van der Waals surface area contributed by atoms with E-state index in [1.165, 1.54) is 6.07 Å². The Labute approximate surface area is 210 Å². The average molecular weight is 511 g/mol. The maximum atomic E-state index is 13.4. The van der Waals surface area contributed by atoms with Crippen LogP contribution in [0, 0.1) is 13.8 Å². The van der Waals surface area contributed by atoms with Crippen LogP contribution < -0.4 is 4.90 Å². The fraction of sp³-hybridized carbons (Fsp3) is 0.440. The number of halogens is 3. The fourth-order valence-electron chi connectivity index (χ4n) is 4.53. The zero-order valence-electron chi connectivity index (χ0n) is 20.6. The first-order chi connectivity index (χ1) is 17.7. The number of fused-ring (bicyclic) bond motifs is 1. The van der Waals surface area contributed by atoms with Crippen molar-refractivity contribution >= 4 is 17.1 Å². The molecule has 5 heterocycles. The molecule has 0 spiro atoms. The number of pyridine rings is 1. The summed E-state index contributed by atoms with van der Waals surface area (Å²) in [7, 11) is 0. The van der Waals surface area contributed by atoms with Gasteiger partial charge in [-0.15, -0.1) is 0 Å². The SMILES string of the molecule is Cc1nc2nc(N3CC(C)OC(c4cnn(C5CC5)c4)C3)nc(-c3ccnc(C(F)(F)F)c3)c2nc1C. The van der Waals surface area contributed by atoms with Crippen LogP contribution in [0.5, 0.6) is 0 Å². The molecule has 0 radical (unpaired) electrons. The van der Waals surface area contributed by atoms with Crippen LogP contribution in [0.25, 0.3) is 22.4 Å². The largest absolute Gasteiger partial charge is 0.433 e. The lowest BCUT2D eigenvalue weighted by molar-refractivity contribution is -0.141. The first-order valence-corrected chi connectivity index (χ1v) is 12.2. The predicted octanol–water partition coefficient (Wildman–Crippen LogP) is 4.62. The summed E-state index contributed by atoms with van der Waals surface area (Å²) in [6.45, 7) is 6.57. The molecule has 192 valence electrons. The van der Waals surface area contributed by atoms with Gasteiger partial charge in [-0.2, -0.15) is 23.3 Å². The lowest BCUT2D eigenvalue weighted by atomic mass is 10.1. The number of nitrogens with zero attached hydrogens (tertiary/aromatic N) is 8. The molecular weight excluding hydrogens is 485 g/mol. The molecule has 9 nitrogen and oxygen atoms in total. The number of hydrogen-bond acceptors (Lipinski definition) is 8. The number of aryl methyl sites for hydroxylation is 2. The monoisotopic (exact) mass is 510 g/mol. The van der Waals surface area contributed by atoms with Gasteiger partial charge < -0.3 is 9.64 Å². The molecule has 1 saturated heterocycles. The highest BCUT2D eigenvalue weighted by Crippen LogP contribution is 2.36. The summed E-state index contributed by atoms with van der Waals surface area (Å²) in [5.74, 6) is 0.361. The summed E-state index contributed by atoms with van der Waals surface area (Å²) in [6, 6.07) is 2.94. The number of ether oxygens (including phenoxy) is 1. The number of hydrogen-bond donors (Lipinski definition) is 0. The van der Waals surface area contributed by atoms with Crippen molar-refractivity contribution in [3.63, 3.8) is 0 Å². The molecule has 0 bridgehead atoms. The van der Waals surface area contributed by atoms with Crippen LogP contribution in [0.1, 0.15) is 54.6 Å². The van der Waals surface area contributed by atoms with Crippen molar-refractivity contribution in [3.05, 3.63) is 53.4 Å². The number of morpholine rings is 1. The van der Waals surface area contributed by atoms with E-state index in [9.17, 15) is 13.2 Å². The molecule has 0 N–H and O–H groups in total. The summed E-state index contributed by atoms with van der Waals surface area (Å²) in [5, 5.41) is 4.49. The Morgan fingerprint density at radius 3 is 2.57 bits per heavy atom. The smallest absolute Gasteiger partial charge is 0.367 e. The molecule has 2 fully saturated rings. The Morgan fingerprint density at radius 1 is 1.03 bits per heavy atom. The normalized spacial score (nSPS) is 20.5. The molecule has 2 aliphatic rings. The summed E-state index contributed by atoms with van der Waals surface area (Å²) in [6.07, 6.45) is 2.29. The third-order valence-corrected chi connectivity index (χ3v) is 6.71. The van der Waals surface area contributed by atoms with Crippen molar-refractivity contribution in [1.29, 1.82) is 0 Å². The van der Waals surface area contributed by atoms with Crippen LogP contribution >= 0.6 is 0 Å². The van der Waals surface area contributed by atoms with Gasteiger partial charge in [-0.1, -0.05) is 0 Å². The minimum Gasteiger partial charge on any atom is -0.367 e. The Hall–Kier alpha value is -3.67. The molecule has 6 rings (SSSR count). The first-order valence-electron chi connectivity index (χ1n) is 12.2. The van der Waals surface area contributed by atoms with Crippen LogP contribution in [0.3, 0.4) is 0 Å². The highest BCUT2D eigenvalue weighted by Gasteiger charge is 2.34. The van der Waals surface area contributed by atoms with Crippen molar-refractivity contribution in [2.45, 2.75) is 58.0 Å². The molecule has 37 heavy (non-hydrogen) atoms. The van der Waals surface area contributed by atoms with Crippen molar-refractivity contribution in [2.75, 3.05) is 18.0 Å². The van der Waals surface area contributed by atoms with Gasteiger partial charge in [0.1, 0.15) is 23.0 Å². The third-order valence-electron chi connectivity index (χ3n) is 6.71. The van der Waals surface area contributed by atoms with Crippen LogP contribution in [0.2, 0.25) is 0 Å². The van der Waals surface area contributed by atoms with E-state index in [0.29, 0.717) is 47.6 Å². The molecule has 12 heteroatoms. The maximum absolute atomic E-state index is 13.4. The minimum absolute atomic E-state index is 0.130. The van der Waals surface area contributed by atoms with E-state index in [-0.39, 0.29) is 23.5 Å². The third kappa shape index (κ3) is 4.61. The Morgan fingerprint density at radius 2 is 1.81 bits per heavy atom. The van der Waals surface area contributed by atoms with Crippen LogP contribution in [-0.4, -0.2) is 53.9 Å². The van der Waals surface area contributed by atoms with E-state index in [1.54, 1.807) is 6.92 Å². The maximum Gasteiger partial charge on any atom is 0.433 e. The zero-order chi connectivity index (χ0) is 25.9. The van der Waals surface area contributed by atoms with Crippen LogP contribution in [0.15, 0.2) is 30.7 Å². The number of aromatic nitrogens is 7. The van der Waals surface area contributed by atoms with Crippen LogP contribution in [0.4, 0.5) is 19.1 Å². The number of rotatable bonds is 4. The standard InChI is InChI=1S/C25H25F3N8O/c1-13-10-35(12-19(37-13)17-9-30-36(11-17)18-4-5-18)24-33-21(16-6-7-29-20(8-16)25(26,27)28)22-23(34-24)32-15(3)14(2)31-22/h6-9,11,13,18-19H,4-5,10,12H2,1-3H3. The van der Waals surface area contributed by atoms with Crippen molar-refractivity contribution < 1.29 is 17.9 Å². The van der Waals surface area contributed by atoms with E-state index >= 15 is 0 Å². The highest BCUT2D eigenvalue weighted by atomic mass is 19.4. The summed E-state index contributed by atoms with van der Waals surface area (Å²) in [4.78, 5) is 24.1. The lowest BCUT2D eigenvalue weighted by Crippen LogP contribution is -2.43. The van der Waals surface area contributed by atoms with Gasteiger partial charge in [0.25, 0.3) is 0 Å². The molecule has 2 atom stereocenters. The first kappa shape index (κ1) is 23.7. The summed E-state index contributed by atoms with van der Waals surface area (Å²) < 4.78 is 48.5. The average Bonchev–Trinajstić information content (AvgIpc) is 3.59.